The van der Waals surface area contributed by atoms with Crippen LogP contribution in [0.1, 0.15) is 59.9 Å². The smallest absolute Gasteiger partial charge is 0.362 e. The Kier molecular flexibility index (Phi) is 10.7. The molecule has 11 nitrogen and oxygen atoms in total. The molecule has 49 heavy (non-hydrogen) atoms. The van der Waals surface area contributed by atoms with Crippen molar-refractivity contribution in [2.75, 3.05) is 20.1 Å². The highest BCUT2D eigenvalue weighted by Gasteiger charge is 2.59. The maximum Gasteiger partial charge on any atom is 0.362 e. The van der Waals surface area contributed by atoms with Gasteiger partial charge in [-0.2, -0.15) is 0 Å². The molecular formula is C37H38FN3O8. The van der Waals surface area contributed by atoms with Gasteiger partial charge in [0.1, 0.15) is 12.3 Å². The third-order valence-corrected chi connectivity index (χ3v) is 9.09. The number of amides is 1. The van der Waals surface area contributed by atoms with Crippen molar-refractivity contribution in [1.82, 2.24) is 9.80 Å². The SMILES string of the molecule is CC(C)[C@H]1C(=O)N2C(C(=O)OC(=O)c3ccc([N+](=O)[O-])cc3)=C(CN(C)CCCC(=O)c3cccc(OCc4ccccc4)c3F)[C@H](C)[C@H]12. The Morgan fingerprint density at radius 3 is 2.35 bits per heavy atom. The Bertz CT molecular complexity index is 1790. The van der Waals surface area contributed by atoms with Crippen molar-refractivity contribution >= 4 is 29.3 Å². The van der Waals surface area contributed by atoms with E-state index in [0.29, 0.717) is 18.5 Å². The van der Waals surface area contributed by atoms with Gasteiger partial charge < -0.3 is 19.3 Å². The minimum absolute atomic E-state index is 0.000617. The number of rotatable bonds is 14. The fraction of sp³-hybridized carbons (Fsp3) is 0.351. The van der Waals surface area contributed by atoms with Crippen LogP contribution in [0, 0.1) is 33.7 Å². The molecule has 2 aliphatic rings. The van der Waals surface area contributed by atoms with Gasteiger partial charge in [-0.05, 0) is 61.3 Å². The predicted octanol–water partition coefficient (Wildman–Crippen LogP) is 5.98. The highest BCUT2D eigenvalue weighted by molar-refractivity contribution is 6.06. The summed E-state index contributed by atoms with van der Waals surface area (Å²) in [7, 11) is 1.81. The van der Waals surface area contributed by atoms with E-state index in [1.54, 1.807) is 6.07 Å². The largest absolute Gasteiger partial charge is 0.486 e. The third kappa shape index (κ3) is 7.44. The number of carbonyl (C=O) groups is 4. The molecule has 1 saturated heterocycles. The summed E-state index contributed by atoms with van der Waals surface area (Å²) in [5, 5.41) is 11.0. The van der Waals surface area contributed by atoms with Crippen LogP contribution in [0.5, 0.6) is 5.75 Å². The van der Waals surface area contributed by atoms with Crippen LogP contribution in [0.3, 0.4) is 0 Å². The van der Waals surface area contributed by atoms with E-state index in [-0.39, 0.29) is 83.3 Å². The summed E-state index contributed by atoms with van der Waals surface area (Å²) in [5.41, 5.74) is 1.20. The molecule has 3 aromatic carbocycles. The number of hydrogen-bond donors (Lipinski definition) is 0. The molecule has 0 bridgehead atoms. The molecule has 3 atom stereocenters. The summed E-state index contributed by atoms with van der Waals surface area (Å²) >= 11 is 0. The second-order valence-corrected chi connectivity index (χ2v) is 12.8. The van der Waals surface area contributed by atoms with Crippen molar-refractivity contribution in [3.05, 3.63) is 117 Å². The van der Waals surface area contributed by atoms with E-state index in [0.717, 1.165) is 17.7 Å². The summed E-state index contributed by atoms with van der Waals surface area (Å²) in [6.45, 7) is 6.66. The number of benzene rings is 3. The molecule has 0 unspecified atom stereocenters. The molecule has 0 spiro atoms. The van der Waals surface area contributed by atoms with Crippen molar-refractivity contribution in [1.29, 1.82) is 0 Å². The zero-order chi connectivity index (χ0) is 35.4. The Hall–Kier alpha value is -5.23. The van der Waals surface area contributed by atoms with Crippen molar-refractivity contribution in [2.45, 2.75) is 46.3 Å². The van der Waals surface area contributed by atoms with E-state index in [1.165, 1.54) is 29.2 Å². The van der Waals surface area contributed by atoms with Crippen LogP contribution in [0.15, 0.2) is 84.1 Å². The molecule has 0 aliphatic carbocycles. The molecule has 2 heterocycles. The van der Waals surface area contributed by atoms with Gasteiger partial charge in [0.05, 0.1) is 28.0 Å². The molecule has 0 saturated carbocycles. The molecule has 3 aromatic rings. The van der Waals surface area contributed by atoms with Gasteiger partial charge in [-0.1, -0.05) is 57.2 Å². The van der Waals surface area contributed by atoms with E-state index < -0.39 is 22.7 Å². The minimum Gasteiger partial charge on any atom is -0.486 e. The summed E-state index contributed by atoms with van der Waals surface area (Å²) in [6.07, 6.45) is 0.462. The normalized spacial score (nSPS) is 18.4. The lowest BCUT2D eigenvalue weighted by molar-refractivity contribution is -0.384. The number of likely N-dealkylation sites (N-methyl/N-ethyl adjacent to an activating group) is 1. The van der Waals surface area contributed by atoms with Gasteiger partial charge in [0.25, 0.3) is 5.69 Å². The number of ether oxygens (including phenoxy) is 2. The monoisotopic (exact) mass is 671 g/mol. The van der Waals surface area contributed by atoms with Crippen molar-refractivity contribution in [2.24, 2.45) is 17.8 Å². The fourth-order valence-corrected chi connectivity index (χ4v) is 6.53. The van der Waals surface area contributed by atoms with Crippen molar-refractivity contribution in [3.63, 3.8) is 0 Å². The van der Waals surface area contributed by atoms with E-state index >= 15 is 4.39 Å². The maximum absolute atomic E-state index is 15.2. The molecule has 0 N–H and O–H groups in total. The first kappa shape index (κ1) is 35.1. The van der Waals surface area contributed by atoms with Crippen LogP contribution >= 0.6 is 0 Å². The quantitative estimate of drug-likeness (QED) is 0.0506. The maximum atomic E-state index is 15.2. The minimum atomic E-state index is -0.995. The molecular weight excluding hydrogens is 633 g/mol. The number of nitro groups is 1. The summed E-state index contributed by atoms with van der Waals surface area (Å²) < 4.78 is 26.0. The topological polar surface area (TPSA) is 136 Å². The Morgan fingerprint density at radius 2 is 1.69 bits per heavy atom. The fourth-order valence-electron chi connectivity index (χ4n) is 6.53. The Labute approximate surface area is 283 Å². The van der Waals surface area contributed by atoms with E-state index in [2.05, 4.69) is 0 Å². The number of fused-ring (bicyclic) bond motifs is 1. The molecule has 1 amide bonds. The number of non-ortho nitro benzene ring substituents is 1. The number of hydrogen-bond acceptors (Lipinski definition) is 9. The third-order valence-electron chi connectivity index (χ3n) is 9.09. The number of nitrogens with zero attached hydrogens (tertiary/aromatic N) is 3. The number of ketones is 1. The molecule has 0 radical (unpaired) electrons. The van der Waals surface area contributed by atoms with E-state index in [4.69, 9.17) is 9.47 Å². The number of halogens is 1. The van der Waals surface area contributed by atoms with Gasteiger partial charge in [0.15, 0.2) is 17.3 Å². The second kappa shape index (κ2) is 14.9. The number of esters is 2. The van der Waals surface area contributed by atoms with Crippen LogP contribution in [0.4, 0.5) is 10.1 Å². The lowest BCUT2D eigenvalue weighted by Gasteiger charge is -2.47. The van der Waals surface area contributed by atoms with Gasteiger partial charge in [-0.3, -0.25) is 19.7 Å². The number of β-lactam (4-membered cyclic amide) rings is 1. The molecule has 5 rings (SSSR count). The molecule has 12 heteroatoms. The van der Waals surface area contributed by atoms with Crippen molar-refractivity contribution < 1.29 is 38.0 Å². The first-order valence-electron chi connectivity index (χ1n) is 16.1. The second-order valence-electron chi connectivity index (χ2n) is 12.8. The van der Waals surface area contributed by atoms with Gasteiger partial charge >= 0.3 is 11.9 Å². The lowest BCUT2D eigenvalue weighted by atomic mass is 9.74. The van der Waals surface area contributed by atoms with Crippen LogP contribution < -0.4 is 4.74 Å². The van der Waals surface area contributed by atoms with Gasteiger partial charge in [0.2, 0.25) is 5.91 Å². The summed E-state index contributed by atoms with van der Waals surface area (Å²) in [4.78, 5) is 66.2. The average molecular weight is 672 g/mol. The lowest BCUT2D eigenvalue weighted by Crippen LogP contribution is -2.62. The number of nitro benzene ring substituents is 1. The Balaban J connectivity index is 1.24. The molecule has 2 aliphatic heterocycles. The highest BCUT2D eigenvalue weighted by Crippen LogP contribution is 2.48. The zero-order valence-corrected chi connectivity index (χ0v) is 27.8. The highest BCUT2D eigenvalue weighted by atomic mass is 19.1. The zero-order valence-electron chi connectivity index (χ0n) is 27.8. The number of Topliss-reactive ketones (excluding diaryl/α,β-unsaturated/α-hetero) is 1. The molecule has 1 fully saturated rings. The van der Waals surface area contributed by atoms with Crippen molar-refractivity contribution in [3.8, 4) is 5.75 Å². The standard InChI is InChI=1S/C37H38FN3O8/c1-22(2)31-33-23(3)28(34(40(33)35(31)43)37(45)49-36(44)25-15-17-26(18-16-25)41(46)47)20-39(4)19-9-13-29(42)27-12-8-14-30(32(27)38)48-21-24-10-6-5-7-11-24/h5-8,10-12,14-18,22-23,31,33H,9,13,19-21H2,1-4H3/t23-,31+,33+/m0/s1. The van der Waals surface area contributed by atoms with E-state index in [9.17, 15) is 29.3 Å². The first-order chi connectivity index (χ1) is 23.4. The molecule has 0 aromatic heterocycles. The number of carbonyl (C=O) groups excluding carboxylic acids is 4. The van der Waals surface area contributed by atoms with Gasteiger partial charge in [-0.25, -0.2) is 14.0 Å². The summed E-state index contributed by atoms with van der Waals surface area (Å²) in [5.74, 6) is -3.75. The van der Waals surface area contributed by atoms with Crippen LogP contribution in [0.2, 0.25) is 0 Å². The van der Waals surface area contributed by atoms with Crippen LogP contribution in [-0.4, -0.2) is 64.5 Å². The van der Waals surface area contributed by atoms with Gasteiger partial charge in [0, 0.05) is 31.0 Å². The predicted molar refractivity (Wildman–Crippen MR) is 177 cm³/mol. The van der Waals surface area contributed by atoms with Crippen LogP contribution in [0.25, 0.3) is 0 Å². The average Bonchev–Trinajstić information content (AvgIpc) is 3.31. The summed E-state index contributed by atoms with van der Waals surface area (Å²) in [6, 6.07) is 18.2. The molecule has 256 valence electrons. The first-order valence-corrected chi connectivity index (χ1v) is 16.1. The van der Waals surface area contributed by atoms with Gasteiger partial charge in [-0.15, -0.1) is 0 Å². The Morgan fingerprint density at radius 1 is 1.00 bits per heavy atom. The van der Waals surface area contributed by atoms with E-state index in [1.807, 2.05) is 63.1 Å². The van der Waals surface area contributed by atoms with Crippen LogP contribution in [-0.2, 0) is 20.9 Å².